The van der Waals surface area contributed by atoms with Crippen molar-refractivity contribution in [1.82, 2.24) is 9.97 Å². The van der Waals surface area contributed by atoms with Crippen molar-refractivity contribution >= 4 is 11.9 Å². The lowest BCUT2D eigenvalue weighted by Gasteiger charge is -2.38. The molecule has 0 saturated heterocycles. The predicted molar refractivity (Wildman–Crippen MR) is 97.9 cm³/mol. The van der Waals surface area contributed by atoms with Gasteiger partial charge < -0.3 is 15.8 Å². The molecule has 0 aliphatic heterocycles. The van der Waals surface area contributed by atoms with E-state index in [1.165, 1.54) is 12.6 Å². The van der Waals surface area contributed by atoms with Crippen molar-refractivity contribution in [1.29, 1.82) is 0 Å². The van der Waals surface area contributed by atoms with Gasteiger partial charge >= 0.3 is 6.18 Å². The second-order valence-electron chi connectivity index (χ2n) is 8.30. The lowest BCUT2D eigenvalue weighted by molar-refractivity contribution is -0.187. The Labute approximate surface area is 162 Å². The van der Waals surface area contributed by atoms with Gasteiger partial charge in [-0.15, -0.1) is 0 Å². The smallest absolute Gasteiger partial charge is 0.369 e. The number of hydrogen-bond donors (Lipinski definition) is 2. The molecule has 0 unspecified atom stereocenters. The summed E-state index contributed by atoms with van der Waals surface area (Å²) < 4.78 is 41.7. The Morgan fingerprint density at radius 1 is 1.32 bits per heavy atom. The molecule has 3 N–H and O–H groups in total. The van der Waals surface area contributed by atoms with E-state index in [4.69, 9.17) is 10.5 Å². The summed E-state index contributed by atoms with van der Waals surface area (Å²) in [5.41, 5.74) is 6.62. The Kier molecular flexibility index (Phi) is 6.12. The van der Waals surface area contributed by atoms with Crippen LogP contribution in [0.25, 0.3) is 0 Å². The quantitative estimate of drug-likeness (QED) is 0.730. The van der Waals surface area contributed by atoms with E-state index < -0.39 is 18.7 Å². The first-order valence-electron chi connectivity index (χ1n) is 9.74. The third-order valence-electron chi connectivity index (χ3n) is 5.78. The van der Waals surface area contributed by atoms with Crippen LogP contribution in [0.1, 0.15) is 67.9 Å². The van der Waals surface area contributed by atoms with E-state index in [-0.39, 0.29) is 17.6 Å². The van der Waals surface area contributed by atoms with Crippen LogP contribution < -0.4 is 11.1 Å². The number of ether oxygens (including phenoxy) is 1. The van der Waals surface area contributed by atoms with E-state index in [1.807, 2.05) is 0 Å². The highest BCUT2D eigenvalue weighted by Crippen LogP contribution is 2.43. The number of amides is 1. The van der Waals surface area contributed by atoms with Gasteiger partial charge in [0, 0.05) is 12.2 Å². The zero-order valence-electron chi connectivity index (χ0n) is 16.0. The van der Waals surface area contributed by atoms with Crippen LogP contribution >= 0.6 is 0 Å². The standard InChI is InChI=1S/C19H27F3N4O2/c1-18(7-2-8-18)9-15-14(16(23)27)10-24-17(26-15)25-12-3-5-13(6-4-12)28-11-19(20,21)22/h10,12-13H,2-9,11H2,1H3,(H2,23,27)(H,24,25,26). The number of carbonyl (C=O) groups excluding carboxylic acids is 1. The molecule has 9 heteroatoms. The van der Waals surface area contributed by atoms with Gasteiger partial charge in [0.05, 0.1) is 17.4 Å². The highest BCUT2D eigenvalue weighted by atomic mass is 19.4. The van der Waals surface area contributed by atoms with Crippen LogP contribution in [0, 0.1) is 5.41 Å². The lowest BCUT2D eigenvalue weighted by atomic mass is 9.67. The molecule has 1 amide bonds. The molecule has 0 spiro atoms. The van der Waals surface area contributed by atoms with Gasteiger partial charge in [-0.05, 0) is 50.4 Å². The van der Waals surface area contributed by atoms with Crippen molar-refractivity contribution < 1.29 is 22.7 Å². The van der Waals surface area contributed by atoms with Gasteiger partial charge in [0.25, 0.3) is 5.91 Å². The second-order valence-corrected chi connectivity index (χ2v) is 8.30. The summed E-state index contributed by atoms with van der Waals surface area (Å²) in [7, 11) is 0. The number of nitrogens with two attached hydrogens (primary N) is 1. The first-order chi connectivity index (χ1) is 13.1. The largest absolute Gasteiger partial charge is 0.411 e. The van der Waals surface area contributed by atoms with E-state index in [9.17, 15) is 18.0 Å². The third-order valence-corrected chi connectivity index (χ3v) is 5.78. The second kappa shape index (κ2) is 8.23. The van der Waals surface area contributed by atoms with Crippen LogP contribution in [-0.4, -0.2) is 40.8 Å². The molecule has 0 aromatic carbocycles. The number of nitrogens with one attached hydrogen (secondary N) is 1. The first-order valence-corrected chi connectivity index (χ1v) is 9.74. The minimum absolute atomic E-state index is 0.0669. The maximum absolute atomic E-state index is 12.3. The Bertz CT molecular complexity index is 699. The lowest BCUT2D eigenvalue weighted by Crippen LogP contribution is -2.33. The minimum Gasteiger partial charge on any atom is -0.369 e. The van der Waals surface area contributed by atoms with E-state index >= 15 is 0 Å². The molecule has 0 atom stereocenters. The third kappa shape index (κ3) is 5.56. The van der Waals surface area contributed by atoms with Crippen LogP contribution in [0.5, 0.6) is 0 Å². The number of aromatic nitrogens is 2. The van der Waals surface area contributed by atoms with Crippen molar-refractivity contribution in [3.8, 4) is 0 Å². The molecular formula is C19H27F3N4O2. The number of nitrogens with zero attached hydrogens (tertiary/aromatic N) is 2. The van der Waals surface area contributed by atoms with Crippen LogP contribution in [0.15, 0.2) is 6.20 Å². The minimum atomic E-state index is -4.29. The predicted octanol–water partition coefficient (Wildman–Crippen LogP) is 3.61. The molecule has 1 heterocycles. The van der Waals surface area contributed by atoms with Crippen molar-refractivity contribution in [2.75, 3.05) is 11.9 Å². The summed E-state index contributed by atoms with van der Waals surface area (Å²) >= 11 is 0. The van der Waals surface area contributed by atoms with Gasteiger partial charge in [-0.1, -0.05) is 13.3 Å². The van der Waals surface area contributed by atoms with Gasteiger partial charge in [0.1, 0.15) is 6.61 Å². The fraction of sp³-hybridized carbons (Fsp3) is 0.737. The number of rotatable bonds is 7. The zero-order chi connectivity index (χ0) is 20.4. The van der Waals surface area contributed by atoms with E-state index in [0.29, 0.717) is 49.3 Å². The first kappa shape index (κ1) is 20.8. The normalized spacial score (nSPS) is 24.4. The molecule has 2 aliphatic rings. The summed E-state index contributed by atoms with van der Waals surface area (Å²) in [5.74, 6) is -0.102. The van der Waals surface area contributed by atoms with E-state index in [1.54, 1.807) is 0 Å². The van der Waals surface area contributed by atoms with Crippen LogP contribution in [0.2, 0.25) is 0 Å². The molecule has 2 aliphatic carbocycles. The van der Waals surface area contributed by atoms with E-state index in [2.05, 4.69) is 22.2 Å². The molecule has 1 aromatic heterocycles. The van der Waals surface area contributed by atoms with Crippen LogP contribution in [-0.2, 0) is 11.2 Å². The summed E-state index contributed by atoms with van der Waals surface area (Å²) in [6, 6.07) is 0.0669. The number of carbonyl (C=O) groups is 1. The van der Waals surface area contributed by atoms with Gasteiger partial charge in [-0.2, -0.15) is 13.2 Å². The van der Waals surface area contributed by atoms with Crippen LogP contribution in [0.3, 0.4) is 0 Å². The Balaban J connectivity index is 1.58. The van der Waals surface area contributed by atoms with Crippen molar-refractivity contribution in [3.05, 3.63) is 17.5 Å². The Hall–Kier alpha value is -1.90. The Morgan fingerprint density at radius 2 is 2.00 bits per heavy atom. The summed E-state index contributed by atoms with van der Waals surface area (Å²) in [6.07, 6.45) is 3.32. The molecular weight excluding hydrogens is 373 g/mol. The number of alkyl halides is 3. The molecule has 156 valence electrons. The molecule has 6 nitrogen and oxygen atoms in total. The highest BCUT2D eigenvalue weighted by Gasteiger charge is 2.34. The molecule has 28 heavy (non-hydrogen) atoms. The molecule has 2 fully saturated rings. The van der Waals surface area contributed by atoms with Crippen molar-refractivity contribution in [2.24, 2.45) is 11.1 Å². The molecule has 2 saturated carbocycles. The fourth-order valence-electron chi connectivity index (χ4n) is 3.96. The van der Waals surface area contributed by atoms with Gasteiger partial charge in [-0.3, -0.25) is 4.79 Å². The SMILES string of the molecule is CC1(Cc2nc(NC3CCC(OCC(F)(F)F)CC3)ncc2C(N)=O)CCC1. The van der Waals surface area contributed by atoms with Crippen LogP contribution in [0.4, 0.5) is 19.1 Å². The summed E-state index contributed by atoms with van der Waals surface area (Å²) in [4.78, 5) is 20.5. The van der Waals surface area contributed by atoms with Gasteiger partial charge in [0.15, 0.2) is 0 Å². The van der Waals surface area contributed by atoms with Crippen molar-refractivity contribution in [2.45, 2.75) is 76.6 Å². The highest BCUT2D eigenvalue weighted by molar-refractivity contribution is 5.93. The summed E-state index contributed by atoms with van der Waals surface area (Å²) in [6.45, 7) is 0.980. The number of anilines is 1. The summed E-state index contributed by atoms with van der Waals surface area (Å²) in [5, 5.41) is 3.25. The van der Waals surface area contributed by atoms with E-state index in [0.717, 1.165) is 12.8 Å². The average molecular weight is 400 g/mol. The van der Waals surface area contributed by atoms with Crippen molar-refractivity contribution in [3.63, 3.8) is 0 Å². The number of primary amides is 1. The maximum atomic E-state index is 12.3. The maximum Gasteiger partial charge on any atom is 0.411 e. The topological polar surface area (TPSA) is 90.1 Å². The van der Waals surface area contributed by atoms with Gasteiger partial charge in [0.2, 0.25) is 5.95 Å². The molecule has 0 radical (unpaired) electrons. The van der Waals surface area contributed by atoms with Gasteiger partial charge in [-0.25, -0.2) is 9.97 Å². The number of halogens is 3. The molecule has 3 rings (SSSR count). The molecule has 0 bridgehead atoms. The molecule has 1 aromatic rings. The monoisotopic (exact) mass is 400 g/mol. The average Bonchev–Trinajstić information content (AvgIpc) is 2.59. The zero-order valence-corrected chi connectivity index (χ0v) is 16.0. The number of hydrogen-bond acceptors (Lipinski definition) is 5. The fourth-order valence-corrected chi connectivity index (χ4v) is 3.96. The Morgan fingerprint density at radius 3 is 2.54 bits per heavy atom.